The zero-order chi connectivity index (χ0) is 13.8. The predicted octanol–water partition coefficient (Wildman–Crippen LogP) is -1.54. The highest BCUT2D eigenvalue weighted by Crippen LogP contribution is 2.17. The molecular formula is C9H14F3N3O3. The summed E-state index contributed by atoms with van der Waals surface area (Å²) in [6.45, 7) is -2.54. The molecule has 0 aromatic rings. The van der Waals surface area contributed by atoms with Gasteiger partial charge in [0.15, 0.2) is 0 Å². The number of hydrogen-bond acceptors (Lipinski definition) is 4. The molecule has 0 aromatic carbocycles. The van der Waals surface area contributed by atoms with Gasteiger partial charge in [-0.25, -0.2) is 0 Å². The van der Waals surface area contributed by atoms with Crippen molar-refractivity contribution in [2.75, 3.05) is 32.8 Å². The van der Waals surface area contributed by atoms with Crippen molar-refractivity contribution in [3.8, 4) is 0 Å². The van der Waals surface area contributed by atoms with E-state index in [1.165, 1.54) is 0 Å². The minimum Gasteiger partial charge on any atom is -0.395 e. The lowest BCUT2D eigenvalue weighted by atomic mass is 10.2. The number of alkyl halides is 3. The number of piperazine rings is 1. The molecule has 104 valence electrons. The Morgan fingerprint density at radius 3 is 2.61 bits per heavy atom. The normalized spacial score (nSPS) is 20.4. The van der Waals surface area contributed by atoms with Crippen molar-refractivity contribution in [1.82, 2.24) is 15.5 Å². The van der Waals surface area contributed by atoms with Crippen LogP contribution in [0.15, 0.2) is 0 Å². The Kier molecular flexibility index (Phi) is 4.91. The van der Waals surface area contributed by atoms with E-state index < -0.39 is 37.8 Å². The van der Waals surface area contributed by atoms with Crippen LogP contribution in [0.2, 0.25) is 0 Å². The van der Waals surface area contributed by atoms with Gasteiger partial charge in [-0.1, -0.05) is 0 Å². The second kappa shape index (κ2) is 6.01. The molecule has 18 heavy (non-hydrogen) atoms. The average Bonchev–Trinajstić information content (AvgIpc) is 2.27. The van der Waals surface area contributed by atoms with Crippen molar-refractivity contribution in [2.45, 2.75) is 12.2 Å². The van der Waals surface area contributed by atoms with E-state index in [4.69, 9.17) is 5.11 Å². The summed E-state index contributed by atoms with van der Waals surface area (Å²) in [5, 5.41) is 13.6. The number of nitrogens with zero attached hydrogens (tertiary/aromatic N) is 1. The average molecular weight is 269 g/mol. The van der Waals surface area contributed by atoms with E-state index in [1.807, 2.05) is 0 Å². The fourth-order valence-corrected chi connectivity index (χ4v) is 1.57. The minimum absolute atomic E-state index is 0.0581. The Balaban J connectivity index is 2.61. The van der Waals surface area contributed by atoms with E-state index in [-0.39, 0.29) is 19.0 Å². The fourth-order valence-electron chi connectivity index (χ4n) is 1.57. The van der Waals surface area contributed by atoms with Gasteiger partial charge >= 0.3 is 6.18 Å². The van der Waals surface area contributed by atoms with Gasteiger partial charge in [0.2, 0.25) is 11.8 Å². The topological polar surface area (TPSA) is 81.7 Å². The monoisotopic (exact) mass is 269 g/mol. The first-order valence-corrected chi connectivity index (χ1v) is 5.30. The molecule has 2 amide bonds. The van der Waals surface area contributed by atoms with Gasteiger partial charge in [-0.2, -0.15) is 13.2 Å². The van der Waals surface area contributed by atoms with E-state index in [2.05, 4.69) is 10.6 Å². The van der Waals surface area contributed by atoms with Crippen molar-refractivity contribution >= 4 is 11.8 Å². The van der Waals surface area contributed by atoms with Crippen molar-refractivity contribution in [1.29, 1.82) is 0 Å². The Morgan fingerprint density at radius 2 is 2.17 bits per heavy atom. The lowest BCUT2D eigenvalue weighted by Gasteiger charge is -2.30. The van der Waals surface area contributed by atoms with Crippen LogP contribution < -0.4 is 10.6 Å². The summed E-state index contributed by atoms with van der Waals surface area (Å²) < 4.78 is 36.8. The maximum absolute atomic E-state index is 12.3. The first kappa shape index (κ1) is 14.7. The highest BCUT2D eigenvalue weighted by atomic mass is 19.4. The number of hydrogen-bond donors (Lipinski definition) is 3. The summed E-state index contributed by atoms with van der Waals surface area (Å²) in [5.74, 6) is -1.11. The molecule has 0 aromatic heterocycles. The number of carbonyl (C=O) groups is 2. The second-order valence-corrected chi connectivity index (χ2v) is 3.84. The van der Waals surface area contributed by atoms with Gasteiger partial charge in [0.05, 0.1) is 13.2 Å². The molecule has 0 aliphatic carbocycles. The summed E-state index contributed by atoms with van der Waals surface area (Å²) in [6.07, 6.45) is -4.53. The molecule has 9 heteroatoms. The summed E-state index contributed by atoms with van der Waals surface area (Å²) in [7, 11) is 0. The third-order valence-electron chi connectivity index (χ3n) is 2.36. The van der Waals surface area contributed by atoms with Crippen LogP contribution in [0.5, 0.6) is 0 Å². The molecule has 1 aliphatic rings. The standard InChI is InChI=1S/C9H14F3N3O3/c10-9(11,12)5-15(1-2-16)8(18)6-3-14-7(17)4-13-6/h6,13,16H,1-5H2,(H,14,17). The zero-order valence-corrected chi connectivity index (χ0v) is 9.46. The van der Waals surface area contributed by atoms with Gasteiger partial charge in [0.1, 0.15) is 12.6 Å². The first-order chi connectivity index (χ1) is 8.33. The number of rotatable bonds is 4. The molecule has 1 aliphatic heterocycles. The molecule has 0 saturated carbocycles. The number of halogens is 3. The van der Waals surface area contributed by atoms with Crippen LogP contribution in [0.3, 0.4) is 0 Å². The molecule has 1 heterocycles. The van der Waals surface area contributed by atoms with Crippen molar-refractivity contribution in [3.63, 3.8) is 0 Å². The maximum Gasteiger partial charge on any atom is 0.406 e. The third kappa shape index (κ3) is 4.49. The molecule has 1 fully saturated rings. The van der Waals surface area contributed by atoms with E-state index >= 15 is 0 Å². The van der Waals surface area contributed by atoms with Crippen molar-refractivity contribution in [2.24, 2.45) is 0 Å². The van der Waals surface area contributed by atoms with E-state index in [1.54, 1.807) is 0 Å². The molecule has 0 radical (unpaired) electrons. The number of amides is 2. The SMILES string of the molecule is O=C1CNC(C(=O)N(CCO)CC(F)(F)F)CN1. The van der Waals surface area contributed by atoms with Gasteiger partial charge in [-0.3, -0.25) is 14.9 Å². The lowest BCUT2D eigenvalue weighted by molar-refractivity contribution is -0.163. The number of carbonyl (C=O) groups excluding carboxylic acids is 2. The second-order valence-electron chi connectivity index (χ2n) is 3.84. The fraction of sp³-hybridized carbons (Fsp3) is 0.778. The van der Waals surface area contributed by atoms with E-state index in [0.29, 0.717) is 4.90 Å². The van der Waals surface area contributed by atoms with Crippen LogP contribution in [0.4, 0.5) is 13.2 Å². The van der Waals surface area contributed by atoms with Gasteiger partial charge in [0.25, 0.3) is 0 Å². The quantitative estimate of drug-likeness (QED) is 0.577. The largest absolute Gasteiger partial charge is 0.406 e. The Hall–Kier alpha value is -1.35. The predicted molar refractivity (Wildman–Crippen MR) is 54.5 cm³/mol. The molecule has 1 atom stereocenters. The van der Waals surface area contributed by atoms with Crippen LogP contribution in [0.25, 0.3) is 0 Å². The molecule has 6 nitrogen and oxygen atoms in total. The van der Waals surface area contributed by atoms with E-state index in [9.17, 15) is 22.8 Å². The van der Waals surface area contributed by atoms with Crippen LogP contribution in [-0.4, -0.2) is 66.8 Å². The highest BCUT2D eigenvalue weighted by molar-refractivity contribution is 5.86. The maximum atomic E-state index is 12.3. The molecule has 1 saturated heterocycles. The Morgan fingerprint density at radius 1 is 1.50 bits per heavy atom. The van der Waals surface area contributed by atoms with Gasteiger partial charge in [0, 0.05) is 13.1 Å². The number of aliphatic hydroxyl groups excluding tert-OH is 1. The van der Waals surface area contributed by atoms with Gasteiger partial charge in [-0.15, -0.1) is 0 Å². The summed E-state index contributed by atoms with van der Waals surface area (Å²) >= 11 is 0. The van der Waals surface area contributed by atoms with Crippen LogP contribution in [0.1, 0.15) is 0 Å². The van der Waals surface area contributed by atoms with Crippen molar-refractivity contribution in [3.05, 3.63) is 0 Å². The lowest BCUT2D eigenvalue weighted by Crippen LogP contribution is -2.59. The smallest absolute Gasteiger partial charge is 0.395 e. The van der Waals surface area contributed by atoms with Gasteiger partial charge < -0.3 is 15.3 Å². The minimum atomic E-state index is -4.53. The molecular weight excluding hydrogens is 255 g/mol. The van der Waals surface area contributed by atoms with Crippen molar-refractivity contribution < 1.29 is 27.9 Å². The summed E-state index contributed by atoms with van der Waals surface area (Å²) in [5.41, 5.74) is 0. The number of nitrogens with one attached hydrogen (secondary N) is 2. The third-order valence-corrected chi connectivity index (χ3v) is 2.36. The Bertz CT molecular complexity index is 312. The van der Waals surface area contributed by atoms with Gasteiger partial charge in [-0.05, 0) is 0 Å². The molecule has 3 N–H and O–H groups in total. The summed E-state index contributed by atoms with van der Waals surface area (Å²) in [4.78, 5) is 23.1. The van der Waals surface area contributed by atoms with E-state index in [0.717, 1.165) is 0 Å². The highest BCUT2D eigenvalue weighted by Gasteiger charge is 2.36. The molecule has 0 spiro atoms. The Labute approximate surface area is 101 Å². The summed E-state index contributed by atoms with van der Waals surface area (Å²) in [6, 6.07) is -0.892. The first-order valence-electron chi connectivity index (χ1n) is 5.30. The zero-order valence-electron chi connectivity index (χ0n) is 9.46. The van der Waals surface area contributed by atoms with Crippen LogP contribution >= 0.6 is 0 Å². The molecule has 1 rings (SSSR count). The van der Waals surface area contributed by atoms with Crippen LogP contribution in [-0.2, 0) is 9.59 Å². The van der Waals surface area contributed by atoms with Crippen LogP contribution in [0, 0.1) is 0 Å². The molecule has 0 bridgehead atoms. The molecule has 1 unspecified atom stereocenters. The number of aliphatic hydroxyl groups is 1.